The molecule has 0 radical (unpaired) electrons. The number of hydrogen-bond donors (Lipinski definition) is 3. The summed E-state index contributed by atoms with van der Waals surface area (Å²) < 4.78 is 5.43. The van der Waals surface area contributed by atoms with E-state index in [1.165, 1.54) is 141 Å². The van der Waals surface area contributed by atoms with Crippen molar-refractivity contribution < 1.29 is 24.5 Å². The van der Waals surface area contributed by atoms with E-state index in [1.807, 2.05) is 6.08 Å². The van der Waals surface area contributed by atoms with Crippen molar-refractivity contribution in [2.45, 2.75) is 238 Å². The Morgan fingerprint density at radius 1 is 0.529 bits per heavy atom. The van der Waals surface area contributed by atoms with Gasteiger partial charge < -0.3 is 20.3 Å². The second-order valence-electron chi connectivity index (χ2n) is 15.0. The van der Waals surface area contributed by atoms with Crippen LogP contribution in [0.25, 0.3) is 0 Å². The quantitative estimate of drug-likeness (QED) is 0.0333. The molecule has 0 aromatic rings. The van der Waals surface area contributed by atoms with E-state index >= 15 is 0 Å². The molecule has 300 valence electrons. The highest BCUT2D eigenvalue weighted by Crippen LogP contribution is 2.14. The molecule has 0 saturated heterocycles. The molecule has 51 heavy (non-hydrogen) atoms. The van der Waals surface area contributed by atoms with E-state index in [2.05, 4.69) is 31.3 Å². The molecular weight excluding hydrogens is 634 g/mol. The first-order valence-electron chi connectivity index (χ1n) is 22.1. The largest absolute Gasteiger partial charge is 0.466 e. The maximum absolute atomic E-state index is 12.3. The van der Waals surface area contributed by atoms with Crippen LogP contribution in [0.2, 0.25) is 0 Å². The SMILES string of the molecule is CCCCCCCC/C=C\CCCCCCCC(=O)OCCCCCCCCCCCC(=O)NC(CO)C(O)/C=C/CCCCCCCCCC. The van der Waals surface area contributed by atoms with Crippen molar-refractivity contribution in [1.29, 1.82) is 0 Å². The Morgan fingerprint density at radius 3 is 1.39 bits per heavy atom. The fourth-order valence-corrected chi connectivity index (χ4v) is 6.51. The zero-order valence-electron chi connectivity index (χ0n) is 33.8. The number of hydrogen-bond acceptors (Lipinski definition) is 5. The molecule has 0 heterocycles. The molecule has 0 spiro atoms. The number of allylic oxidation sites excluding steroid dienone is 3. The van der Waals surface area contributed by atoms with E-state index < -0.39 is 12.1 Å². The van der Waals surface area contributed by atoms with E-state index in [4.69, 9.17) is 4.74 Å². The number of amides is 1. The van der Waals surface area contributed by atoms with Gasteiger partial charge in [0.25, 0.3) is 0 Å². The fourth-order valence-electron chi connectivity index (χ4n) is 6.51. The standard InChI is InChI=1S/C45H85NO5/c1-3-5-7-9-11-13-15-16-17-18-19-23-27-31-35-39-45(50)51-40-36-32-28-24-20-22-26-30-34-38-44(49)46-42(41-47)43(48)37-33-29-25-21-14-12-10-8-6-4-2/h16-17,33,37,42-43,47-48H,3-15,18-32,34-36,38-41H2,1-2H3,(H,46,49)/b17-16-,37-33+. The highest BCUT2D eigenvalue weighted by molar-refractivity contribution is 5.76. The Labute approximate surface area is 316 Å². The van der Waals surface area contributed by atoms with Crippen molar-refractivity contribution >= 4 is 11.9 Å². The van der Waals surface area contributed by atoms with Gasteiger partial charge in [0.1, 0.15) is 0 Å². The molecule has 2 atom stereocenters. The molecule has 0 aliphatic heterocycles. The Bertz CT molecular complexity index is 797. The molecule has 0 bridgehead atoms. The summed E-state index contributed by atoms with van der Waals surface area (Å²) in [7, 11) is 0. The van der Waals surface area contributed by atoms with Crippen molar-refractivity contribution in [2.24, 2.45) is 0 Å². The normalized spacial score (nSPS) is 12.9. The van der Waals surface area contributed by atoms with Crippen LogP contribution in [0.4, 0.5) is 0 Å². The number of carbonyl (C=O) groups excluding carboxylic acids is 2. The molecule has 0 rings (SSSR count). The van der Waals surface area contributed by atoms with Crippen molar-refractivity contribution in [3.8, 4) is 0 Å². The second kappa shape index (κ2) is 41.1. The van der Waals surface area contributed by atoms with Crippen LogP contribution >= 0.6 is 0 Å². The highest BCUT2D eigenvalue weighted by Gasteiger charge is 2.18. The van der Waals surface area contributed by atoms with Gasteiger partial charge >= 0.3 is 5.97 Å². The van der Waals surface area contributed by atoms with Crippen LogP contribution in [0, 0.1) is 0 Å². The van der Waals surface area contributed by atoms with E-state index in [0.29, 0.717) is 19.4 Å². The van der Waals surface area contributed by atoms with Crippen LogP contribution in [0.3, 0.4) is 0 Å². The summed E-state index contributed by atoms with van der Waals surface area (Å²) in [5.41, 5.74) is 0. The van der Waals surface area contributed by atoms with E-state index in [-0.39, 0.29) is 18.5 Å². The lowest BCUT2D eigenvalue weighted by molar-refractivity contribution is -0.143. The third-order valence-electron chi connectivity index (χ3n) is 9.97. The van der Waals surface area contributed by atoms with Crippen LogP contribution in [0.1, 0.15) is 226 Å². The predicted octanol–water partition coefficient (Wildman–Crippen LogP) is 12.4. The lowest BCUT2D eigenvalue weighted by Gasteiger charge is -2.20. The van der Waals surface area contributed by atoms with Crippen molar-refractivity contribution in [2.75, 3.05) is 13.2 Å². The van der Waals surface area contributed by atoms with Crippen LogP contribution in [0.5, 0.6) is 0 Å². The molecule has 6 heteroatoms. The minimum absolute atomic E-state index is 0.0365. The van der Waals surface area contributed by atoms with Gasteiger partial charge in [0.2, 0.25) is 5.91 Å². The van der Waals surface area contributed by atoms with Gasteiger partial charge in [-0.2, -0.15) is 0 Å². The number of aliphatic hydroxyl groups excluding tert-OH is 2. The summed E-state index contributed by atoms with van der Waals surface area (Å²) >= 11 is 0. The van der Waals surface area contributed by atoms with Crippen LogP contribution < -0.4 is 5.32 Å². The molecule has 0 aromatic heterocycles. The van der Waals surface area contributed by atoms with Crippen LogP contribution in [0.15, 0.2) is 24.3 Å². The van der Waals surface area contributed by atoms with Gasteiger partial charge in [0.15, 0.2) is 0 Å². The molecule has 6 nitrogen and oxygen atoms in total. The average Bonchev–Trinajstić information content (AvgIpc) is 3.13. The minimum Gasteiger partial charge on any atom is -0.466 e. The summed E-state index contributed by atoms with van der Waals surface area (Å²) in [6.07, 6.45) is 45.9. The average molecular weight is 720 g/mol. The fraction of sp³-hybridized carbons (Fsp3) is 0.867. The number of unbranched alkanes of at least 4 members (excludes halogenated alkanes) is 27. The minimum atomic E-state index is -0.859. The van der Waals surface area contributed by atoms with Gasteiger partial charge in [0.05, 0.1) is 25.4 Å². The van der Waals surface area contributed by atoms with Gasteiger partial charge in [-0.1, -0.05) is 179 Å². The Kier molecular flexibility index (Phi) is 39.8. The molecule has 0 aliphatic rings. The second-order valence-corrected chi connectivity index (χ2v) is 15.0. The summed E-state index contributed by atoms with van der Waals surface area (Å²) in [4.78, 5) is 24.3. The molecule has 0 saturated carbocycles. The van der Waals surface area contributed by atoms with Gasteiger partial charge in [-0.3, -0.25) is 9.59 Å². The van der Waals surface area contributed by atoms with Gasteiger partial charge in [-0.05, 0) is 57.8 Å². The number of aliphatic hydroxyl groups is 2. The third-order valence-corrected chi connectivity index (χ3v) is 9.97. The highest BCUT2D eigenvalue weighted by atomic mass is 16.5. The number of rotatable bonds is 40. The smallest absolute Gasteiger partial charge is 0.305 e. The summed E-state index contributed by atoms with van der Waals surface area (Å²) in [6, 6.07) is -0.646. The summed E-state index contributed by atoms with van der Waals surface area (Å²) in [5.74, 6) is -0.136. The first-order valence-corrected chi connectivity index (χ1v) is 22.1. The van der Waals surface area contributed by atoms with Crippen LogP contribution in [-0.2, 0) is 14.3 Å². The van der Waals surface area contributed by atoms with E-state index in [0.717, 1.165) is 57.8 Å². The molecule has 2 unspecified atom stereocenters. The number of nitrogens with one attached hydrogen (secondary N) is 1. The number of ether oxygens (including phenoxy) is 1. The molecule has 0 aliphatic carbocycles. The molecule has 0 fully saturated rings. The number of carbonyl (C=O) groups is 2. The van der Waals surface area contributed by atoms with Gasteiger partial charge in [0, 0.05) is 12.8 Å². The zero-order valence-corrected chi connectivity index (χ0v) is 33.8. The van der Waals surface area contributed by atoms with E-state index in [9.17, 15) is 19.8 Å². The topological polar surface area (TPSA) is 95.9 Å². The Hall–Kier alpha value is -1.66. The third kappa shape index (κ3) is 37.9. The van der Waals surface area contributed by atoms with Gasteiger partial charge in [-0.15, -0.1) is 0 Å². The summed E-state index contributed by atoms with van der Waals surface area (Å²) in [6.45, 7) is 4.79. The first-order chi connectivity index (χ1) is 25.0. The number of esters is 1. The monoisotopic (exact) mass is 720 g/mol. The Morgan fingerprint density at radius 2 is 0.922 bits per heavy atom. The first kappa shape index (κ1) is 49.3. The lowest BCUT2D eigenvalue weighted by atomic mass is 10.1. The molecule has 3 N–H and O–H groups in total. The maximum Gasteiger partial charge on any atom is 0.305 e. The zero-order chi connectivity index (χ0) is 37.3. The Balaban J connectivity index is 3.52. The lowest BCUT2D eigenvalue weighted by Crippen LogP contribution is -2.45. The molecule has 0 aromatic carbocycles. The summed E-state index contributed by atoms with van der Waals surface area (Å²) in [5, 5.41) is 22.9. The predicted molar refractivity (Wildman–Crippen MR) is 218 cm³/mol. The van der Waals surface area contributed by atoms with Crippen LogP contribution in [-0.4, -0.2) is 47.4 Å². The van der Waals surface area contributed by atoms with E-state index in [1.54, 1.807) is 6.08 Å². The van der Waals surface area contributed by atoms with Crippen molar-refractivity contribution in [3.63, 3.8) is 0 Å². The van der Waals surface area contributed by atoms with Gasteiger partial charge in [-0.25, -0.2) is 0 Å². The van der Waals surface area contributed by atoms with Crippen molar-refractivity contribution in [1.82, 2.24) is 5.32 Å². The maximum atomic E-state index is 12.3. The molecular formula is C45H85NO5. The molecule has 1 amide bonds. The van der Waals surface area contributed by atoms with Crippen molar-refractivity contribution in [3.05, 3.63) is 24.3 Å².